The summed E-state index contributed by atoms with van der Waals surface area (Å²) in [6, 6.07) is 0. The third-order valence-corrected chi connectivity index (χ3v) is 3.79. The molecule has 82 valence electrons. The molecule has 0 N–H and O–H groups in total. The fourth-order valence-electron chi connectivity index (χ4n) is 0.846. The number of aliphatic imine (C=N–C) groups is 1. The number of nitrogens with zero attached hydrogens (tertiary/aromatic N) is 1. The fraction of sp³-hybridized carbons (Fsp3) is 0.125. The molecule has 0 heterocycles. The van der Waals surface area contributed by atoms with Crippen LogP contribution in [0.2, 0.25) is 25.1 Å². The van der Waals surface area contributed by atoms with Gasteiger partial charge in [0, 0.05) is 0 Å². The summed E-state index contributed by atoms with van der Waals surface area (Å²) in [5.74, 6) is 0. The maximum absolute atomic E-state index is 5.89. The Morgan fingerprint density at radius 2 is 1.13 bits per heavy atom. The number of benzene rings is 1. The molecule has 0 bridgehead atoms. The summed E-state index contributed by atoms with van der Waals surface area (Å²) >= 11 is 34.8. The van der Waals surface area contributed by atoms with E-state index in [-0.39, 0.29) is 36.0 Å². The summed E-state index contributed by atoms with van der Waals surface area (Å²) < 4.78 is 0. The summed E-state index contributed by atoms with van der Waals surface area (Å²) in [7, 11) is 0. The summed E-state index contributed by atoms with van der Waals surface area (Å²) in [5, 5.41) is 0.800. The van der Waals surface area contributed by atoms with Crippen LogP contribution in [-0.4, -0.2) is 5.17 Å². The average Bonchev–Trinajstić information content (AvgIpc) is 2.18. The maximum atomic E-state index is 5.89. The number of rotatable bonds is 1. The third-order valence-electron chi connectivity index (χ3n) is 1.45. The van der Waals surface area contributed by atoms with Gasteiger partial charge in [0.15, 0.2) is 0 Å². The van der Waals surface area contributed by atoms with E-state index in [2.05, 4.69) is 4.99 Å². The fourth-order valence-corrected chi connectivity index (χ4v) is 2.14. The van der Waals surface area contributed by atoms with E-state index in [0.29, 0.717) is 0 Å². The Balaban J connectivity index is 3.60. The molecule has 1 nitrogen and oxygen atoms in total. The molecule has 0 aliphatic rings. The van der Waals surface area contributed by atoms with Gasteiger partial charge in [-0.15, -0.1) is 0 Å². The van der Waals surface area contributed by atoms with Crippen molar-refractivity contribution in [3.05, 3.63) is 25.1 Å². The smallest absolute Gasteiger partial charge is 0.105 e. The standard InChI is InChI=1S/C8H3Cl6N/c1-2(9)15-8-6(13)4(11)3(10)5(12)7(8)14/h1H3. The normalized spacial score (nSPS) is 12.1. The van der Waals surface area contributed by atoms with Gasteiger partial charge in [0.1, 0.15) is 10.9 Å². The molecule has 0 saturated carbocycles. The molecule has 1 aromatic rings. The predicted octanol–water partition coefficient (Wildman–Crippen LogP) is 6.24. The molecule has 0 aromatic heterocycles. The molecule has 0 saturated heterocycles. The van der Waals surface area contributed by atoms with Crippen molar-refractivity contribution in [3.63, 3.8) is 0 Å². The van der Waals surface area contributed by atoms with Gasteiger partial charge < -0.3 is 0 Å². The van der Waals surface area contributed by atoms with Crippen LogP contribution in [0.1, 0.15) is 6.92 Å². The lowest BCUT2D eigenvalue weighted by Crippen LogP contribution is -1.82. The largest absolute Gasteiger partial charge is 0.238 e. The molecule has 0 fully saturated rings. The van der Waals surface area contributed by atoms with Gasteiger partial charge >= 0.3 is 0 Å². The van der Waals surface area contributed by atoms with Crippen molar-refractivity contribution < 1.29 is 0 Å². The summed E-state index contributed by atoms with van der Waals surface area (Å²) in [4.78, 5) is 3.91. The molecule has 0 radical (unpaired) electrons. The quantitative estimate of drug-likeness (QED) is 0.329. The average molecular weight is 326 g/mol. The molecule has 1 aromatic carbocycles. The zero-order chi connectivity index (χ0) is 11.7. The van der Waals surface area contributed by atoms with E-state index in [1.807, 2.05) is 0 Å². The van der Waals surface area contributed by atoms with Crippen LogP contribution in [0.5, 0.6) is 0 Å². The van der Waals surface area contributed by atoms with Crippen molar-refractivity contribution in [2.45, 2.75) is 6.92 Å². The Kier molecular flexibility index (Phi) is 4.85. The molecular formula is C8H3Cl6N. The van der Waals surface area contributed by atoms with Gasteiger partial charge in [-0.2, -0.15) is 0 Å². The van der Waals surface area contributed by atoms with E-state index in [1.54, 1.807) is 6.92 Å². The Morgan fingerprint density at radius 3 is 1.47 bits per heavy atom. The summed E-state index contributed by atoms with van der Waals surface area (Å²) in [5.41, 5.74) is 0.213. The van der Waals surface area contributed by atoms with Crippen LogP contribution in [-0.2, 0) is 0 Å². The number of hydrogen-bond donors (Lipinski definition) is 0. The lowest BCUT2D eigenvalue weighted by atomic mass is 10.3. The lowest BCUT2D eigenvalue weighted by molar-refractivity contribution is 1.52. The highest BCUT2D eigenvalue weighted by atomic mass is 35.5. The highest BCUT2D eigenvalue weighted by Crippen LogP contribution is 2.48. The topological polar surface area (TPSA) is 12.4 Å². The molecule has 0 aliphatic carbocycles. The Bertz CT molecular complexity index is 406. The molecule has 0 unspecified atom stereocenters. The van der Waals surface area contributed by atoms with Crippen LogP contribution in [0.4, 0.5) is 5.69 Å². The molecule has 0 amide bonds. The summed E-state index contributed by atoms with van der Waals surface area (Å²) in [6.45, 7) is 1.57. The first kappa shape index (κ1) is 13.7. The van der Waals surface area contributed by atoms with Crippen molar-refractivity contribution in [1.82, 2.24) is 0 Å². The van der Waals surface area contributed by atoms with Gasteiger partial charge in [0.05, 0.1) is 25.1 Å². The molecule has 7 heteroatoms. The molecule has 0 aliphatic heterocycles. The molecule has 1 rings (SSSR count). The van der Waals surface area contributed by atoms with Crippen molar-refractivity contribution in [1.29, 1.82) is 0 Å². The maximum Gasteiger partial charge on any atom is 0.105 e. The first-order valence-electron chi connectivity index (χ1n) is 3.58. The van der Waals surface area contributed by atoms with E-state index in [1.165, 1.54) is 0 Å². The highest BCUT2D eigenvalue weighted by Gasteiger charge is 2.18. The first-order valence-corrected chi connectivity index (χ1v) is 5.85. The molecular weight excluding hydrogens is 323 g/mol. The summed E-state index contributed by atoms with van der Waals surface area (Å²) in [6.07, 6.45) is 0. The zero-order valence-electron chi connectivity index (χ0n) is 7.22. The SMILES string of the molecule is CC(Cl)=Nc1c(Cl)c(Cl)c(Cl)c(Cl)c1Cl. The Labute approximate surface area is 117 Å². The second kappa shape index (κ2) is 5.31. The van der Waals surface area contributed by atoms with Crippen molar-refractivity contribution in [2.75, 3.05) is 0 Å². The lowest BCUT2D eigenvalue weighted by Gasteiger charge is -2.08. The molecule has 0 spiro atoms. The zero-order valence-corrected chi connectivity index (χ0v) is 11.8. The molecule has 15 heavy (non-hydrogen) atoms. The monoisotopic (exact) mass is 323 g/mol. The number of hydrogen-bond acceptors (Lipinski definition) is 1. The Morgan fingerprint density at radius 1 is 0.800 bits per heavy atom. The van der Waals surface area contributed by atoms with Gasteiger partial charge in [-0.3, -0.25) is 0 Å². The van der Waals surface area contributed by atoms with E-state index in [9.17, 15) is 0 Å². The van der Waals surface area contributed by atoms with Crippen molar-refractivity contribution in [3.8, 4) is 0 Å². The second-order valence-electron chi connectivity index (χ2n) is 2.53. The minimum atomic E-state index is 0.0968. The van der Waals surface area contributed by atoms with Gasteiger partial charge in [-0.05, 0) is 6.92 Å². The van der Waals surface area contributed by atoms with Crippen molar-refractivity contribution in [2.24, 2.45) is 4.99 Å². The minimum Gasteiger partial charge on any atom is -0.238 e. The van der Waals surface area contributed by atoms with Crippen LogP contribution >= 0.6 is 69.6 Å². The van der Waals surface area contributed by atoms with E-state index in [0.717, 1.165) is 0 Å². The van der Waals surface area contributed by atoms with Gasteiger partial charge in [0.25, 0.3) is 0 Å². The van der Waals surface area contributed by atoms with E-state index >= 15 is 0 Å². The number of halogens is 6. The van der Waals surface area contributed by atoms with Crippen LogP contribution in [0.25, 0.3) is 0 Å². The van der Waals surface area contributed by atoms with Crippen molar-refractivity contribution >= 4 is 80.5 Å². The third kappa shape index (κ3) is 2.85. The van der Waals surface area contributed by atoms with E-state index < -0.39 is 0 Å². The minimum absolute atomic E-state index is 0.0968. The van der Waals surface area contributed by atoms with Crippen LogP contribution in [0, 0.1) is 0 Å². The van der Waals surface area contributed by atoms with Crippen LogP contribution in [0.15, 0.2) is 4.99 Å². The van der Waals surface area contributed by atoms with Crippen LogP contribution in [0.3, 0.4) is 0 Å². The van der Waals surface area contributed by atoms with Gasteiger partial charge in [-0.25, -0.2) is 4.99 Å². The Hall–Kier alpha value is 0.630. The van der Waals surface area contributed by atoms with Crippen LogP contribution < -0.4 is 0 Å². The van der Waals surface area contributed by atoms with Gasteiger partial charge in [0.2, 0.25) is 0 Å². The van der Waals surface area contributed by atoms with Gasteiger partial charge in [-0.1, -0.05) is 69.6 Å². The molecule has 0 atom stereocenters. The highest BCUT2D eigenvalue weighted by molar-refractivity contribution is 6.65. The second-order valence-corrected chi connectivity index (χ2v) is 4.96. The van der Waals surface area contributed by atoms with E-state index in [4.69, 9.17) is 69.6 Å². The predicted molar refractivity (Wildman–Crippen MR) is 70.1 cm³/mol. The first-order chi connectivity index (χ1) is 6.86.